The molecule has 190 valence electrons. The van der Waals surface area contributed by atoms with Gasteiger partial charge >= 0.3 is 11.7 Å². The van der Waals surface area contributed by atoms with Crippen molar-refractivity contribution in [2.45, 2.75) is 46.6 Å². The highest BCUT2D eigenvalue weighted by atomic mass is 16.5. The molecule has 3 heterocycles. The van der Waals surface area contributed by atoms with Crippen molar-refractivity contribution in [3.63, 3.8) is 0 Å². The molecule has 0 radical (unpaired) electrons. The Bertz CT molecular complexity index is 1500. The van der Waals surface area contributed by atoms with Crippen LogP contribution in [0.4, 0.5) is 0 Å². The van der Waals surface area contributed by atoms with Gasteiger partial charge in [0.25, 0.3) is 0 Å². The first-order valence-electron chi connectivity index (χ1n) is 12.3. The number of rotatable bonds is 9. The van der Waals surface area contributed by atoms with Gasteiger partial charge in [-0.2, -0.15) is 0 Å². The lowest BCUT2D eigenvalue weighted by Gasteiger charge is -2.11. The molecule has 0 fully saturated rings. The highest BCUT2D eigenvalue weighted by Gasteiger charge is 2.17. The van der Waals surface area contributed by atoms with E-state index in [1.165, 1.54) is 26.6 Å². The standard InChI is InChI=1S/C28H35N5O3/c1-7-8-22(33-27-23(30-28(33)35)10-9-19(3)29-27)15-25(34)36-12-11-20-13-18(2)26-21(16-31(4)5)17-32(6)24(26)14-20/h8-10,13-14,17H,7,11-12,15-16H2,1-6H3,(H,30,35)/b22-8+. The van der Waals surface area contributed by atoms with Crippen LogP contribution >= 0.6 is 0 Å². The number of nitrogens with zero attached hydrogens (tertiary/aromatic N) is 4. The summed E-state index contributed by atoms with van der Waals surface area (Å²) in [4.78, 5) is 34.9. The number of carbonyl (C=O) groups excluding carboxylic acids is 1. The van der Waals surface area contributed by atoms with Gasteiger partial charge in [-0.05, 0) is 69.3 Å². The second-order valence-corrected chi connectivity index (χ2v) is 9.65. The summed E-state index contributed by atoms with van der Waals surface area (Å²) < 4.78 is 9.23. The van der Waals surface area contributed by atoms with Gasteiger partial charge in [0.2, 0.25) is 0 Å². The molecule has 0 atom stereocenters. The van der Waals surface area contributed by atoms with E-state index in [4.69, 9.17) is 4.74 Å². The molecule has 3 aromatic heterocycles. The summed E-state index contributed by atoms with van der Waals surface area (Å²) in [7, 11) is 6.21. The number of hydrogen-bond acceptors (Lipinski definition) is 5. The Morgan fingerprint density at radius 1 is 1.22 bits per heavy atom. The lowest BCUT2D eigenvalue weighted by atomic mass is 10.0. The molecule has 1 aromatic carbocycles. The van der Waals surface area contributed by atoms with Crippen molar-refractivity contribution in [1.82, 2.24) is 24.0 Å². The van der Waals surface area contributed by atoms with Crippen molar-refractivity contribution in [3.05, 3.63) is 69.4 Å². The molecular weight excluding hydrogens is 454 g/mol. The molecule has 0 saturated carbocycles. The Balaban J connectivity index is 1.46. The highest BCUT2D eigenvalue weighted by Crippen LogP contribution is 2.27. The zero-order valence-electron chi connectivity index (χ0n) is 22.0. The molecule has 8 nitrogen and oxygen atoms in total. The summed E-state index contributed by atoms with van der Waals surface area (Å²) in [5, 5.41) is 1.29. The van der Waals surface area contributed by atoms with Crippen molar-refractivity contribution < 1.29 is 9.53 Å². The highest BCUT2D eigenvalue weighted by molar-refractivity contribution is 5.88. The smallest absolute Gasteiger partial charge is 0.332 e. The van der Waals surface area contributed by atoms with Crippen LogP contribution in [0.5, 0.6) is 0 Å². The third kappa shape index (κ3) is 5.28. The first kappa shape index (κ1) is 25.4. The van der Waals surface area contributed by atoms with Crippen LogP contribution in [0.25, 0.3) is 27.8 Å². The second-order valence-electron chi connectivity index (χ2n) is 9.65. The van der Waals surface area contributed by atoms with Crippen LogP contribution in [0.2, 0.25) is 0 Å². The van der Waals surface area contributed by atoms with Gasteiger partial charge in [0.15, 0.2) is 5.65 Å². The van der Waals surface area contributed by atoms with Crippen LogP contribution in [0.1, 0.15) is 42.1 Å². The number of carbonyl (C=O) groups is 1. The number of pyridine rings is 1. The molecule has 0 aliphatic carbocycles. The lowest BCUT2D eigenvalue weighted by Crippen LogP contribution is -2.19. The van der Waals surface area contributed by atoms with E-state index in [9.17, 15) is 9.59 Å². The van der Waals surface area contributed by atoms with Gasteiger partial charge in [-0.3, -0.25) is 4.79 Å². The number of nitrogens with one attached hydrogen (secondary N) is 1. The Kier molecular flexibility index (Phi) is 7.45. The number of H-pyrrole nitrogens is 1. The second kappa shape index (κ2) is 10.5. The maximum absolute atomic E-state index is 12.7. The van der Waals surface area contributed by atoms with Crippen LogP contribution in [0.3, 0.4) is 0 Å². The van der Waals surface area contributed by atoms with Crippen LogP contribution in [0, 0.1) is 13.8 Å². The summed E-state index contributed by atoms with van der Waals surface area (Å²) >= 11 is 0. The number of allylic oxidation sites excluding steroid dienone is 1. The minimum Gasteiger partial charge on any atom is -0.465 e. The first-order valence-corrected chi connectivity index (χ1v) is 12.3. The van der Waals surface area contributed by atoms with E-state index in [0.29, 0.717) is 29.7 Å². The van der Waals surface area contributed by atoms with Gasteiger partial charge in [0.1, 0.15) is 0 Å². The van der Waals surface area contributed by atoms with Crippen LogP contribution in [-0.2, 0) is 29.5 Å². The average molecular weight is 490 g/mol. The number of benzene rings is 1. The van der Waals surface area contributed by atoms with Crippen LogP contribution in [-0.4, -0.2) is 50.7 Å². The number of hydrogen-bond donors (Lipinski definition) is 1. The largest absolute Gasteiger partial charge is 0.465 e. The zero-order chi connectivity index (χ0) is 26.0. The molecular formula is C28H35N5O3. The molecule has 0 aliphatic rings. The normalized spacial score (nSPS) is 12.2. The summed E-state index contributed by atoms with van der Waals surface area (Å²) in [6, 6.07) is 8.03. The van der Waals surface area contributed by atoms with E-state index < -0.39 is 0 Å². The maximum Gasteiger partial charge on any atom is 0.332 e. The Labute approximate surface area is 211 Å². The fourth-order valence-corrected chi connectivity index (χ4v) is 4.81. The van der Waals surface area contributed by atoms with Crippen LogP contribution in [0.15, 0.2) is 41.3 Å². The molecule has 0 unspecified atom stereocenters. The van der Waals surface area contributed by atoms with E-state index in [2.05, 4.69) is 65.8 Å². The van der Waals surface area contributed by atoms with E-state index >= 15 is 0 Å². The molecule has 1 N–H and O–H groups in total. The van der Waals surface area contributed by atoms with Gasteiger partial charge in [-0.25, -0.2) is 14.3 Å². The molecule has 0 spiro atoms. The summed E-state index contributed by atoms with van der Waals surface area (Å²) in [5.74, 6) is -0.367. The zero-order valence-corrected chi connectivity index (χ0v) is 22.0. The molecule has 8 heteroatoms. The first-order chi connectivity index (χ1) is 17.2. The fourth-order valence-electron chi connectivity index (χ4n) is 4.81. The Hall–Kier alpha value is -3.65. The van der Waals surface area contributed by atoms with Crippen molar-refractivity contribution in [3.8, 4) is 0 Å². The number of imidazole rings is 1. The number of aryl methyl sites for hydroxylation is 3. The summed E-state index contributed by atoms with van der Waals surface area (Å²) in [6.07, 6.45) is 5.36. The Morgan fingerprint density at radius 3 is 2.72 bits per heavy atom. The van der Waals surface area contributed by atoms with E-state index in [1.807, 2.05) is 32.1 Å². The van der Waals surface area contributed by atoms with Crippen molar-refractivity contribution in [1.29, 1.82) is 0 Å². The maximum atomic E-state index is 12.7. The van der Waals surface area contributed by atoms with Gasteiger partial charge in [-0.1, -0.05) is 19.1 Å². The van der Waals surface area contributed by atoms with Gasteiger partial charge in [-0.15, -0.1) is 0 Å². The third-order valence-electron chi connectivity index (χ3n) is 6.29. The van der Waals surface area contributed by atoms with Gasteiger partial charge in [0, 0.05) is 48.5 Å². The quantitative estimate of drug-likeness (QED) is 0.354. The number of aromatic amines is 1. The average Bonchev–Trinajstić information content (AvgIpc) is 3.28. The van der Waals surface area contributed by atoms with E-state index in [-0.39, 0.29) is 24.7 Å². The third-order valence-corrected chi connectivity index (χ3v) is 6.29. The molecule has 0 amide bonds. The number of esters is 1. The van der Waals surface area contributed by atoms with Gasteiger partial charge < -0.3 is 19.2 Å². The van der Waals surface area contributed by atoms with Crippen LogP contribution < -0.4 is 5.69 Å². The number of ether oxygens (including phenoxy) is 1. The molecule has 0 saturated heterocycles. The van der Waals surface area contributed by atoms with E-state index in [1.54, 1.807) is 0 Å². The molecule has 0 bridgehead atoms. The topological polar surface area (TPSA) is 85.1 Å². The number of aromatic nitrogens is 4. The molecule has 4 aromatic rings. The fraction of sp³-hybridized carbons (Fsp3) is 0.393. The lowest BCUT2D eigenvalue weighted by molar-refractivity contribution is -0.142. The predicted molar refractivity (Wildman–Crippen MR) is 144 cm³/mol. The Morgan fingerprint density at radius 2 is 2.00 bits per heavy atom. The summed E-state index contributed by atoms with van der Waals surface area (Å²) in [5.41, 5.74) is 7.06. The van der Waals surface area contributed by atoms with Crippen molar-refractivity contribution >= 4 is 33.7 Å². The van der Waals surface area contributed by atoms with E-state index in [0.717, 1.165) is 17.8 Å². The SMILES string of the molecule is CC/C=C(\CC(=O)OCCc1cc(C)c2c(CN(C)C)cn(C)c2c1)n1c(=O)[nH]c2ccc(C)nc21. The summed E-state index contributed by atoms with van der Waals surface area (Å²) in [6.45, 7) is 7.13. The number of fused-ring (bicyclic) bond motifs is 2. The molecule has 0 aliphatic heterocycles. The minimum atomic E-state index is -0.367. The molecule has 36 heavy (non-hydrogen) atoms. The van der Waals surface area contributed by atoms with Crippen molar-refractivity contribution in [2.24, 2.45) is 7.05 Å². The van der Waals surface area contributed by atoms with Gasteiger partial charge in [0.05, 0.1) is 18.5 Å². The minimum absolute atomic E-state index is 0.0000901. The molecule has 4 rings (SSSR count). The predicted octanol–water partition coefficient (Wildman–Crippen LogP) is 4.32. The monoisotopic (exact) mass is 489 g/mol. The van der Waals surface area contributed by atoms with Crippen molar-refractivity contribution in [2.75, 3.05) is 20.7 Å².